The lowest BCUT2D eigenvalue weighted by Gasteiger charge is -2.01. The minimum Gasteiger partial charge on any atom is -0.351 e. The average molecular weight is 406 g/mol. The van der Waals surface area contributed by atoms with E-state index in [4.69, 9.17) is 11.6 Å². The number of rotatable bonds is 6. The van der Waals surface area contributed by atoms with Crippen molar-refractivity contribution in [3.05, 3.63) is 67.8 Å². The molecular weight excluding hydrogens is 390 g/mol. The first-order valence-corrected chi connectivity index (χ1v) is 9.85. The van der Waals surface area contributed by atoms with Gasteiger partial charge in [-0.3, -0.25) is 14.9 Å². The number of thiophene rings is 1. The molecule has 0 aliphatic heterocycles. The van der Waals surface area contributed by atoms with Gasteiger partial charge in [0.2, 0.25) is 5.91 Å². The summed E-state index contributed by atoms with van der Waals surface area (Å²) in [6.45, 7) is 1.89. The SMILES string of the molecule is CC(=O)NCc1ccc(C(=O)Nc2ncc(Cc3ccccc3Cl)s2)s1. The fraction of sp³-hybridized carbons (Fsp3) is 0.167. The van der Waals surface area contributed by atoms with Crippen molar-refractivity contribution < 1.29 is 9.59 Å². The molecule has 5 nitrogen and oxygen atoms in total. The third-order valence-electron chi connectivity index (χ3n) is 3.49. The normalized spacial score (nSPS) is 10.5. The van der Waals surface area contributed by atoms with Crippen molar-refractivity contribution in [1.29, 1.82) is 0 Å². The van der Waals surface area contributed by atoms with Crippen LogP contribution >= 0.6 is 34.3 Å². The Bertz CT molecular complexity index is 936. The zero-order chi connectivity index (χ0) is 18.5. The molecule has 0 aliphatic carbocycles. The van der Waals surface area contributed by atoms with E-state index in [-0.39, 0.29) is 11.8 Å². The van der Waals surface area contributed by atoms with Gasteiger partial charge in [0.15, 0.2) is 5.13 Å². The van der Waals surface area contributed by atoms with Gasteiger partial charge in [-0.05, 0) is 23.8 Å². The molecule has 8 heteroatoms. The summed E-state index contributed by atoms with van der Waals surface area (Å²) in [7, 11) is 0. The Morgan fingerprint density at radius 1 is 1.12 bits per heavy atom. The lowest BCUT2D eigenvalue weighted by Crippen LogP contribution is -2.18. The van der Waals surface area contributed by atoms with Crippen molar-refractivity contribution in [2.45, 2.75) is 19.9 Å². The molecule has 2 aromatic heterocycles. The van der Waals surface area contributed by atoms with Crippen LogP contribution in [0.5, 0.6) is 0 Å². The fourth-order valence-corrected chi connectivity index (χ4v) is 4.12. The molecular formula is C18H16ClN3O2S2. The molecule has 3 aromatic rings. The maximum absolute atomic E-state index is 12.3. The number of benzene rings is 1. The van der Waals surface area contributed by atoms with Gasteiger partial charge in [-0.2, -0.15) is 0 Å². The summed E-state index contributed by atoms with van der Waals surface area (Å²) in [5.41, 5.74) is 1.02. The maximum atomic E-state index is 12.3. The number of amides is 2. The number of anilines is 1. The van der Waals surface area contributed by atoms with Crippen molar-refractivity contribution >= 4 is 51.2 Å². The average Bonchev–Trinajstić information content (AvgIpc) is 3.24. The Kier molecular flexibility index (Phi) is 6.03. The Labute approximate surface area is 164 Å². The van der Waals surface area contributed by atoms with Crippen LogP contribution in [0.1, 0.15) is 31.9 Å². The van der Waals surface area contributed by atoms with E-state index in [9.17, 15) is 9.59 Å². The molecule has 134 valence electrons. The van der Waals surface area contributed by atoms with E-state index in [1.807, 2.05) is 30.3 Å². The van der Waals surface area contributed by atoms with Gasteiger partial charge in [0.05, 0.1) is 11.4 Å². The molecule has 0 saturated heterocycles. The molecule has 2 N–H and O–H groups in total. The van der Waals surface area contributed by atoms with E-state index >= 15 is 0 Å². The summed E-state index contributed by atoms with van der Waals surface area (Å²) in [4.78, 5) is 30.1. The molecule has 0 unspecified atom stereocenters. The van der Waals surface area contributed by atoms with E-state index in [0.29, 0.717) is 23.0 Å². The third-order valence-corrected chi connectivity index (χ3v) is 5.86. The second-order valence-corrected chi connectivity index (χ2v) is 8.22. The topological polar surface area (TPSA) is 71.1 Å². The van der Waals surface area contributed by atoms with Gasteiger partial charge in [0.1, 0.15) is 0 Å². The molecule has 0 fully saturated rings. The molecule has 0 atom stereocenters. The minimum absolute atomic E-state index is 0.0989. The highest BCUT2D eigenvalue weighted by Gasteiger charge is 2.12. The second-order valence-electron chi connectivity index (χ2n) is 5.53. The molecule has 0 radical (unpaired) electrons. The second kappa shape index (κ2) is 8.44. The first-order valence-electron chi connectivity index (χ1n) is 7.84. The van der Waals surface area contributed by atoms with Crippen LogP contribution in [0.2, 0.25) is 5.02 Å². The van der Waals surface area contributed by atoms with E-state index in [0.717, 1.165) is 20.3 Å². The van der Waals surface area contributed by atoms with Crippen LogP contribution in [0.15, 0.2) is 42.6 Å². The third kappa shape index (κ3) is 4.91. The van der Waals surface area contributed by atoms with Gasteiger partial charge in [-0.15, -0.1) is 22.7 Å². The number of carbonyl (C=O) groups is 2. The quantitative estimate of drug-likeness (QED) is 0.640. The smallest absolute Gasteiger partial charge is 0.267 e. The van der Waals surface area contributed by atoms with Gasteiger partial charge in [-0.25, -0.2) is 4.98 Å². The van der Waals surface area contributed by atoms with Gasteiger partial charge in [-0.1, -0.05) is 29.8 Å². The Balaban J connectivity index is 1.61. The fourth-order valence-electron chi connectivity index (χ4n) is 2.24. The van der Waals surface area contributed by atoms with Crippen LogP contribution in [0.3, 0.4) is 0 Å². The number of hydrogen-bond donors (Lipinski definition) is 2. The summed E-state index contributed by atoms with van der Waals surface area (Å²) in [6.07, 6.45) is 2.42. The summed E-state index contributed by atoms with van der Waals surface area (Å²) in [5, 5.41) is 6.80. The highest BCUT2D eigenvalue weighted by molar-refractivity contribution is 7.16. The van der Waals surface area contributed by atoms with Crippen molar-refractivity contribution in [3.8, 4) is 0 Å². The van der Waals surface area contributed by atoms with Crippen molar-refractivity contribution in [1.82, 2.24) is 10.3 Å². The number of aromatic nitrogens is 1. The van der Waals surface area contributed by atoms with E-state index in [2.05, 4.69) is 15.6 Å². The number of hydrogen-bond acceptors (Lipinski definition) is 5. The van der Waals surface area contributed by atoms with Crippen LogP contribution in [0.4, 0.5) is 5.13 Å². The van der Waals surface area contributed by atoms with E-state index < -0.39 is 0 Å². The molecule has 2 amide bonds. The van der Waals surface area contributed by atoms with Crippen molar-refractivity contribution in [2.75, 3.05) is 5.32 Å². The van der Waals surface area contributed by atoms with Gasteiger partial charge >= 0.3 is 0 Å². The van der Waals surface area contributed by atoms with Crippen molar-refractivity contribution in [2.24, 2.45) is 0 Å². The summed E-state index contributed by atoms with van der Waals surface area (Å²) in [5.74, 6) is -0.305. The highest BCUT2D eigenvalue weighted by Crippen LogP contribution is 2.25. The molecule has 3 rings (SSSR count). The van der Waals surface area contributed by atoms with Crippen LogP contribution in [0, 0.1) is 0 Å². The summed E-state index contributed by atoms with van der Waals surface area (Å²) < 4.78 is 0. The number of thiazole rings is 1. The standard InChI is InChI=1S/C18H16ClN3O2S2/c1-11(23)20-9-13-6-7-16(25-13)17(24)22-18-21-10-14(26-18)8-12-4-2-3-5-15(12)19/h2-7,10H,8-9H2,1H3,(H,20,23)(H,21,22,24). The Morgan fingerprint density at radius 2 is 1.92 bits per heavy atom. The van der Waals surface area contributed by atoms with E-state index in [1.54, 1.807) is 12.3 Å². The van der Waals surface area contributed by atoms with Crippen LogP contribution < -0.4 is 10.6 Å². The van der Waals surface area contributed by atoms with Crippen LogP contribution in [-0.4, -0.2) is 16.8 Å². The Morgan fingerprint density at radius 3 is 2.69 bits per heavy atom. The molecule has 1 aromatic carbocycles. The zero-order valence-corrected chi connectivity index (χ0v) is 16.3. The predicted octanol–water partition coefficient (Wildman–Crippen LogP) is 4.34. The van der Waals surface area contributed by atoms with Gasteiger partial charge in [0, 0.05) is 34.3 Å². The monoisotopic (exact) mass is 405 g/mol. The van der Waals surface area contributed by atoms with E-state index in [1.165, 1.54) is 29.6 Å². The summed E-state index contributed by atoms with van der Waals surface area (Å²) >= 11 is 8.96. The minimum atomic E-state index is -0.206. The first-order chi connectivity index (χ1) is 12.5. The predicted molar refractivity (Wildman–Crippen MR) is 106 cm³/mol. The first kappa shape index (κ1) is 18.6. The van der Waals surface area contributed by atoms with Gasteiger partial charge < -0.3 is 5.32 Å². The number of carbonyl (C=O) groups excluding carboxylic acids is 2. The number of halogens is 1. The highest BCUT2D eigenvalue weighted by atomic mass is 35.5. The van der Waals surface area contributed by atoms with Crippen LogP contribution in [-0.2, 0) is 17.8 Å². The number of nitrogens with zero attached hydrogens (tertiary/aromatic N) is 1. The molecule has 0 saturated carbocycles. The van der Waals surface area contributed by atoms with Gasteiger partial charge in [0.25, 0.3) is 5.91 Å². The molecule has 0 spiro atoms. The largest absolute Gasteiger partial charge is 0.351 e. The molecule has 26 heavy (non-hydrogen) atoms. The van der Waals surface area contributed by atoms with Crippen molar-refractivity contribution in [3.63, 3.8) is 0 Å². The zero-order valence-electron chi connectivity index (χ0n) is 13.9. The molecule has 0 aliphatic rings. The number of nitrogens with one attached hydrogen (secondary N) is 2. The lowest BCUT2D eigenvalue weighted by molar-refractivity contribution is -0.119. The van der Waals surface area contributed by atoms with Crippen LogP contribution in [0.25, 0.3) is 0 Å². The maximum Gasteiger partial charge on any atom is 0.267 e. The molecule has 0 bridgehead atoms. The lowest BCUT2D eigenvalue weighted by atomic mass is 10.1. The molecule has 2 heterocycles. The Hall–Kier alpha value is -2.22. The summed E-state index contributed by atoms with van der Waals surface area (Å²) in [6, 6.07) is 11.2.